The molecule has 16 heavy (non-hydrogen) atoms. The first kappa shape index (κ1) is 15.3. The van der Waals surface area contributed by atoms with Crippen LogP contribution < -0.4 is 11.1 Å². The monoisotopic (exact) mass is 245 g/mol. The Morgan fingerprint density at radius 1 is 1.44 bits per heavy atom. The van der Waals surface area contributed by atoms with Crippen LogP contribution in [0.1, 0.15) is 34.1 Å². The van der Waals surface area contributed by atoms with Gasteiger partial charge in [0, 0.05) is 19.0 Å². The highest BCUT2D eigenvalue weighted by Gasteiger charge is 2.19. The molecular formula is C11H23N3OS. The second-order valence-electron chi connectivity index (χ2n) is 4.18. The van der Waals surface area contributed by atoms with Gasteiger partial charge in [-0.3, -0.25) is 9.69 Å². The number of nitrogens with one attached hydrogen (secondary N) is 1. The van der Waals surface area contributed by atoms with Crippen LogP contribution in [0.2, 0.25) is 0 Å². The summed E-state index contributed by atoms with van der Waals surface area (Å²) >= 11 is 4.83. The summed E-state index contributed by atoms with van der Waals surface area (Å²) in [6.07, 6.45) is 0.655. The number of nitrogens with two attached hydrogens (primary N) is 1. The topological polar surface area (TPSA) is 58.4 Å². The molecule has 0 heterocycles. The van der Waals surface area contributed by atoms with Crippen molar-refractivity contribution < 1.29 is 4.79 Å². The van der Waals surface area contributed by atoms with Crippen LogP contribution in [-0.2, 0) is 4.79 Å². The summed E-state index contributed by atoms with van der Waals surface area (Å²) in [5.41, 5.74) is 5.46. The Hall–Kier alpha value is -0.680. The molecule has 0 fully saturated rings. The van der Waals surface area contributed by atoms with Crippen LogP contribution in [0, 0.1) is 0 Å². The maximum Gasteiger partial charge on any atom is 0.237 e. The Morgan fingerprint density at radius 2 is 2.00 bits per heavy atom. The molecule has 0 aromatic heterocycles. The Balaban J connectivity index is 4.23. The molecule has 1 unspecified atom stereocenters. The molecule has 94 valence electrons. The van der Waals surface area contributed by atoms with Crippen molar-refractivity contribution >= 4 is 23.1 Å². The fourth-order valence-electron chi connectivity index (χ4n) is 1.45. The van der Waals surface area contributed by atoms with Gasteiger partial charge in [0.15, 0.2) is 0 Å². The molecular weight excluding hydrogens is 222 g/mol. The average molecular weight is 245 g/mol. The summed E-state index contributed by atoms with van der Waals surface area (Å²) in [6.45, 7) is 9.39. The van der Waals surface area contributed by atoms with E-state index in [-0.39, 0.29) is 18.0 Å². The maximum atomic E-state index is 11.8. The van der Waals surface area contributed by atoms with E-state index >= 15 is 0 Å². The molecule has 0 rings (SSSR count). The molecule has 0 aliphatic rings. The van der Waals surface area contributed by atoms with Crippen molar-refractivity contribution in [3.63, 3.8) is 0 Å². The number of likely N-dealkylation sites (N-methyl/N-ethyl adjacent to an activating group) is 1. The second kappa shape index (κ2) is 7.57. The van der Waals surface area contributed by atoms with E-state index in [2.05, 4.69) is 10.2 Å². The van der Waals surface area contributed by atoms with Gasteiger partial charge in [0.25, 0.3) is 0 Å². The fourth-order valence-corrected chi connectivity index (χ4v) is 1.54. The molecule has 0 spiro atoms. The van der Waals surface area contributed by atoms with Gasteiger partial charge < -0.3 is 11.1 Å². The predicted octanol–water partition coefficient (Wildman–Crippen LogP) is 0.898. The van der Waals surface area contributed by atoms with Gasteiger partial charge in [0.1, 0.15) is 0 Å². The van der Waals surface area contributed by atoms with Crippen molar-refractivity contribution in [2.24, 2.45) is 5.73 Å². The zero-order valence-corrected chi connectivity index (χ0v) is 11.4. The number of thiocarbonyl (C=S) groups is 1. The van der Waals surface area contributed by atoms with E-state index in [4.69, 9.17) is 18.0 Å². The third-order valence-electron chi connectivity index (χ3n) is 2.41. The number of hydrogen-bond donors (Lipinski definition) is 2. The lowest BCUT2D eigenvalue weighted by molar-refractivity contribution is -0.126. The Kier molecular flexibility index (Phi) is 7.25. The molecule has 0 radical (unpaired) electrons. The lowest BCUT2D eigenvalue weighted by Crippen LogP contribution is -2.47. The summed E-state index contributed by atoms with van der Waals surface area (Å²) in [4.78, 5) is 14.3. The van der Waals surface area contributed by atoms with E-state index in [9.17, 15) is 4.79 Å². The smallest absolute Gasteiger partial charge is 0.237 e. The minimum absolute atomic E-state index is 0.0554. The Morgan fingerprint density at radius 3 is 2.38 bits per heavy atom. The molecule has 0 bridgehead atoms. The Labute approximate surface area is 104 Å². The zero-order valence-electron chi connectivity index (χ0n) is 10.6. The van der Waals surface area contributed by atoms with Gasteiger partial charge >= 0.3 is 0 Å². The molecule has 5 heteroatoms. The molecule has 0 aromatic carbocycles. The van der Waals surface area contributed by atoms with E-state index < -0.39 is 0 Å². The highest BCUT2D eigenvalue weighted by Crippen LogP contribution is 2.01. The van der Waals surface area contributed by atoms with Crippen molar-refractivity contribution in [1.29, 1.82) is 0 Å². The van der Waals surface area contributed by atoms with Crippen LogP contribution in [-0.4, -0.2) is 41.0 Å². The Bertz CT molecular complexity index is 243. The largest absolute Gasteiger partial charge is 0.393 e. The molecule has 3 N–H and O–H groups in total. The molecule has 0 aliphatic carbocycles. The standard InChI is InChI=1S/C11H23N3OS/c1-5-14(7-6-10(12)16)9(4)11(15)13-8(2)3/h8-9H,5-7H2,1-4H3,(H2,12,16)(H,13,15). The van der Waals surface area contributed by atoms with E-state index in [1.807, 2.05) is 27.7 Å². The highest BCUT2D eigenvalue weighted by molar-refractivity contribution is 7.80. The molecule has 0 aromatic rings. The van der Waals surface area contributed by atoms with E-state index in [1.165, 1.54) is 0 Å². The summed E-state index contributed by atoms with van der Waals surface area (Å²) in [6, 6.07) is 0.0333. The van der Waals surface area contributed by atoms with Crippen LogP contribution in [0.5, 0.6) is 0 Å². The van der Waals surface area contributed by atoms with Crippen molar-refractivity contribution in [3.05, 3.63) is 0 Å². The summed E-state index contributed by atoms with van der Waals surface area (Å²) in [5, 5.41) is 2.90. The summed E-state index contributed by atoms with van der Waals surface area (Å²) in [7, 11) is 0. The van der Waals surface area contributed by atoms with Crippen LogP contribution in [0.3, 0.4) is 0 Å². The van der Waals surface area contributed by atoms with Gasteiger partial charge in [-0.1, -0.05) is 19.1 Å². The second-order valence-corrected chi connectivity index (χ2v) is 4.71. The maximum absolute atomic E-state index is 11.8. The lowest BCUT2D eigenvalue weighted by atomic mass is 10.2. The molecule has 1 amide bonds. The molecule has 0 saturated heterocycles. The average Bonchev–Trinajstić information content (AvgIpc) is 2.16. The summed E-state index contributed by atoms with van der Waals surface area (Å²) in [5.74, 6) is 0.0554. The predicted molar refractivity (Wildman–Crippen MR) is 71.4 cm³/mol. The van der Waals surface area contributed by atoms with Gasteiger partial charge in [0.2, 0.25) is 5.91 Å². The van der Waals surface area contributed by atoms with Crippen LogP contribution in [0.15, 0.2) is 0 Å². The number of amides is 1. The van der Waals surface area contributed by atoms with E-state index in [0.717, 1.165) is 13.1 Å². The van der Waals surface area contributed by atoms with Gasteiger partial charge in [-0.25, -0.2) is 0 Å². The van der Waals surface area contributed by atoms with Crippen molar-refractivity contribution in [1.82, 2.24) is 10.2 Å². The summed E-state index contributed by atoms with van der Waals surface area (Å²) < 4.78 is 0. The van der Waals surface area contributed by atoms with Gasteiger partial charge in [-0.15, -0.1) is 0 Å². The SMILES string of the molecule is CCN(CCC(N)=S)C(C)C(=O)NC(C)C. The van der Waals surface area contributed by atoms with Gasteiger partial charge in [-0.05, 0) is 27.3 Å². The van der Waals surface area contributed by atoms with Crippen LogP contribution >= 0.6 is 12.2 Å². The first-order valence-electron chi connectivity index (χ1n) is 5.71. The third kappa shape index (κ3) is 6.02. The number of carbonyl (C=O) groups excluding carboxylic acids is 1. The minimum Gasteiger partial charge on any atom is -0.393 e. The van der Waals surface area contributed by atoms with E-state index in [0.29, 0.717) is 11.4 Å². The lowest BCUT2D eigenvalue weighted by Gasteiger charge is -2.27. The quantitative estimate of drug-likeness (QED) is 0.654. The van der Waals surface area contributed by atoms with Crippen molar-refractivity contribution in [2.75, 3.05) is 13.1 Å². The van der Waals surface area contributed by atoms with Gasteiger partial charge in [0.05, 0.1) is 11.0 Å². The van der Waals surface area contributed by atoms with Crippen LogP contribution in [0.25, 0.3) is 0 Å². The van der Waals surface area contributed by atoms with Crippen molar-refractivity contribution in [3.8, 4) is 0 Å². The number of carbonyl (C=O) groups is 1. The zero-order chi connectivity index (χ0) is 12.7. The number of nitrogens with zero attached hydrogens (tertiary/aromatic N) is 1. The molecule has 1 atom stereocenters. The highest BCUT2D eigenvalue weighted by atomic mass is 32.1. The van der Waals surface area contributed by atoms with E-state index in [1.54, 1.807) is 0 Å². The molecule has 0 aliphatic heterocycles. The molecule has 4 nitrogen and oxygen atoms in total. The fraction of sp³-hybridized carbons (Fsp3) is 0.818. The first-order chi connectivity index (χ1) is 7.38. The van der Waals surface area contributed by atoms with Crippen LogP contribution in [0.4, 0.5) is 0 Å². The number of rotatable bonds is 7. The van der Waals surface area contributed by atoms with Gasteiger partial charge in [-0.2, -0.15) is 0 Å². The third-order valence-corrected chi connectivity index (χ3v) is 2.61. The normalized spacial score (nSPS) is 12.9. The van der Waals surface area contributed by atoms with Crippen molar-refractivity contribution in [2.45, 2.75) is 46.2 Å². The first-order valence-corrected chi connectivity index (χ1v) is 6.12. The minimum atomic E-state index is -0.137. The molecule has 0 saturated carbocycles. The number of hydrogen-bond acceptors (Lipinski definition) is 3.